The van der Waals surface area contributed by atoms with Crippen molar-refractivity contribution in [3.63, 3.8) is 0 Å². The van der Waals surface area contributed by atoms with E-state index >= 15 is 0 Å². The predicted octanol–water partition coefficient (Wildman–Crippen LogP) is 1.68. The topological polar surface area (TPSA) is 89.4 Å². The Morgan fingerprint density at radius 2 is 2.36 bits per heavy atom. The predicted molar refractivity (Wildman–Crippen MR) is 44.0 cm³/mol. The smallest absolute Gasteiger partial charge is 0.377 e. The second-order valence-corrected chi connectivity index (χ2v) is 2.68. The van der Waals surface area contributed by atoms with Crippen LogP contribution in [0.5, 0.6) is 0 Å². The van der Waals surface area contributed by atoms with E-state index < -0.39 is 11.8 Å². The molecular formula is C7H3ClN2O4. The van der Waals surface area contributed by atoms with Crippen LogP contribution in [-0.2, 0) is 0 Å². The average Bonchev–Trinajstić information content (AvgIpc) is 2.71. The molecule has 0 aliphatic carbocycles. The molecule has 0 aliphatic rings. The van der Waals surface area contributed by atoms with Gasteiger partial charge in [0.25, 0.3) is 11.7 Å². The molecule has 0 saturated carbocycles. The molecule has 72 valence electrons. The van der Waals surface area contributed by atoms with Crippen molar-refractivity contribution in [3.05, 3.63) is 23.4 Å². The summed E-state index contributed by atoms with van der Waals surface area (Å²) in [6, 6.07) is 1.50. The van der Waals surface area contributed by atoms with Crippen LogP contribution in [0.1, 0.15) is 10.6 Å². The molecule has 0 saturated heterocycles. The summed E-state index contributed by atoms with van der Waals surface area (Å²) in [4.78, 5) is 14.0. The Morgan fingerprint density at radius 3 is 2.86 bits per heavy atom. The fourth-order valence-electron chi connectivity index (χ4n) is 0.866. The minimum absolute atomic E-state index is 0.0150. The van der Waals surface area contributed by atoms with Gasteiger partial charge in [0.05, 0.1) is 11.8 Å². The van der Waals surface area contributed by atoms with Gasteiger partial charge in [-0.2, -0.15) is 4.98 Å². The molecule has 0 unspecified atom stereocenters. The first kappa shape index (κ1) is 8.76. The number of hydrogen-bond acceptors (Lipinski definition) is 5. The van der Waals surface area contributed by atoms with Crippen LogP contribution < -0.4 is 0 Å². The number of nitrogens with zero attached hydrogens (tertiary/aromatic N) is 2. The summed E-state index contributed by atoms with van der Waals surface area (Å²) in [5.41, 5.74) is 0.367. The van der Waals surface area contributed by atoms with Gasteiger partial charge >= 0.3 is 5.97 Å². The maximum atomic E-state index is 10.4. The standard InChI is InChI=1S/C7H3ClN2O4/c8-4-3(1-2-13-4)6-9-5(7(11)12)10-14-6/h1-2H,(H,11,12). The molecule has 0 fully saturated rings. The summed E-state index contributed by atoms with van der Waals surface area (Å²) in [7, 11) is 0. The fraction of sp³-hybridized carbons (Fsp3) is 0. The third-order valence-corrected chi connectivity index (χ3v) is 1.76. The van der Waals surface area contributed by atoms with Gasteiger partial charge in [-0.1, -0.05) is 0 Å². The highest BCUT2D eigenvalue weighted by molar-refractivity contribution is 6.31. The highest BCUT2D eigenvalue weighted by atomic mass is 35.5. The van der Waals surface area contributed by atoms with Gasteiger partial charge in [0.2, 0.25) is 5.22 Å². The normalized spacial score (nSPS) is 10.4. The lowest BCUT2D eigenvalue weighted by Gasteiger charge is -1.85. The summed E-state index contributed by atoms with van der Waals surface area (Å²) in [6.45, 7) is 0. The van der Waals surface area contributed by atoms with E-state index in [4.69, 9.17) is 21.1 Å². The molecule has 2 heterocycles. The van der Waals surface area contributed by atoms with Crippen LogP contribution in [0, 0.1) is 0 Å². The number of hydrogen-bond donors (Lipinski definition) is 1. The fourth-order valence-corrected chi connectivity index (χ4v) is 1.06. The second kappa shape index (κ2) is 3.15. The molecule has 0 spiro atoms. The van der Waals surface area contributed by atoms with Crippen molar-refractivity contribution < 1.29 is 18.8 Å². The van der Waals surface area contributed by atoms with E-state index in [0.717, 1.165) is 0 Å². The Hall–Kier alpha value is -1.82. The number of aromatic carboxylic acids is 1. The minimum atomic E-state index is -1.26. The maximum Gasteiger partial charge on any atom is 0.377 e. The van der Waals surface area contributed by atoms with Crippen molar-refractivity contribution >= 4 is 17.6 Å². The van der Waals surface area contributed by atoms with Crippen molar-refractivity contribution in [2.75, 3.05) is 0 Å². The molecule has 2 aromatic heterocycles. The molecule has 2 rings (SSSR count). The largest absolute Gasteiger partial charge is 0.475 e. The van der Waals surface area contributed by atoms with Gasteiger partial charge in [-0.05, 0) is 22.8 Å². The van der Waals surface area contributed by atoms with Gasteiger partial charge in [0.15, 0.2) is 0 Å². The number of aromatic nitrogens is 2. The maximum absolute atomic E-state index is 10.4. The SMILES string of the molecule is O=C(O)c1noc(-c2ccoc2Cl)n1. The summed E-state index contributed by atoms with van der Waals surface area (Å²) >= 11 is 5.62. The van der Waals surface area contributed by atoms with Crippen molar-refractivity contribution in [2.24, 2.45) is 0 Å². The van der Waals surface area contributed by atoms with E-state index in [9.17, 15) is 4.79 Å². The van der Waals surface area contributed by atoms with E-state index in [2.05, 4.69) is 14.7 Å². The highest BCUT2D eigenvalue weighted by Crippen LogP contribution is 2.26. The minimum Gasteiger partial charge on any atom is -0.475 e. The summed E-state index contributed by atoms with van der Waals surface area (Å²) < 4.78 is 9.44. The molecule has 0 atom stereocenters. The van der Waals surface area contributed by atoms with Gasteiger partial charge in [0, 0.05) is 0 Å². The zero-order valence-electron chi connectivity index (χ0n) is 6.60. The highest BCUT2D eigenvalue weighted by Gasteiger charge is 2.17. The molecule has 1 N–H and O–H groups in total. The third-order valence-electron chi connectivity index (χ3n) is 1.47. The van der Waals surface area contributed by atoms with Gasteiger partial charge in [-0.15, -0.1) is 0 Å². The number of furan rings is 1. The van der Waals surface area contributed by atoms with E-state index in [1.54, 1.807) is 0 Å². The van der Waals surface area contributed by atoms with Crippen LogP contribution in [0.15, 0.2) is 21.3 Å². The molecule has 14 heavy (non-hydrogen) atoms. The van der Waals surface area contributed by atoms with Gasteiger partial charge in [-0.25, -0.2) is 4.79 Å². The first-order valence-electron chi connectivity index (χ1n) is 3.49. The summed E-state index contributed by atoms with van der Waals surface area (Å²) in [5, 5.41) is 11.8. The van der Waals surface area contributed by atoms with Crippen LogP contribution in [0.25, 0.3) is 11.5 Å². The van der Waals surface area contributed by atoms with Crippen LogP contribution in [0.3, 0.4) is 0 Å². The molecule has 0 aliphatic heterocycles. The Labute approximate surface area is 82.1 Å². The lowest BCUT2D eigenvalue weighted by molar-refractivity contribution is 0.0680. The van der Waals surface area contributed by atoms with Crippen LogP contribution in [0.4, 0.5) is 0 Å². The zero-order valence-corrected chi connectivity index (χ0v) is 7.35. The van der Waals surface area contributed by atoms with Crippen molar-refractivity contribution in [1.29, 1.82) is 0 Å². The first-order chi connectivity index (χ1) is 6.68. The first-order valence-corrected chi connectivity index (χ1v) is 3.86. The lowest BCUT2D eigenvalue weighted by atomic mass is 10.3. The quantitative estimate of drug-likeness (QED) is 0.818. The Balaban J connectivity index is 2.43. The molecule has 0 aromatic carbocycles. The number of carbonyl (C=O) groups is 1. The molecule has 7 heteroatoms. The van der Waals surface area contributed by atoms with E-state index in [1.807, 2.05) is 0 Å². The van der Waals surface area contributed by atoms with E-state index in [-0.39, 0.29) is 11.1 Å². The average molecular weight is 215 g/mol. The van der Waals surface area contributed by atoms with Crippen LogP contribution >= 0.6 is 11.6 Å². The van der Waals surface area contributed by atoms with Crippen molar-refractivity contribution in [3.8, 4) is 11.5 Å². The van der Waals surface area contributed by atoms with Gasteiger partial charge < -0.3 is 14.0 Å². The summed E-state index contributed by atoms with van der Waals surface area (Å²) in [6.07, 6.45) is 1.34. The van der Waals surface area contributed by atoms with Crippen LogP contribution in [-0.4, -0.2) is 21.2 Å². The Bertz CT molecular complexity index is 475. The summed E-state index contributed by atoms with van der Waals surface area (Å²) in [5.74, 6) is -1.67. The second-order valence-electron chi connectivity index (χ2n) is 2.34. The van der Waals surface area contributed by atoms with Crippen LogP contribution in [0.2, 0.25) is 5.22 Å². The van der Waals surface area contributed by atoms with Crippen molar-refractivity contribution in [2.45, 2.75) is 0 Å². The van der Waals surface area contributed by atoms with Crippen molar-refractivity contribution in [1.82, 2.24) is 10.1 Å². The Kier molecular flexibility index (Phi) is 1.97. The number of rotatable bonds is 2. The zero-order chi connectivity index (χ0) is 10.1. The third kappa shape index (κ3) is 1.35. The van der Waals surface area contributed by atoms with E-state index in [0.29, 0.717) is 5.56 Å². The molecule has 0 amide bonds. The monoisotopic (exact) mass is 214 g/mol. The number of carboxylic acids is 1. The van der Waals surface area contributed by atoms with E-state index in [1.165, 1.54) is 12.3 Å². The molecule has 2 aromatic rings. The lowest BCUT2D eigenvalue weighted by Crippen LogP contribution is -1.98. The van der Waals surface area contributed by atoms with Gasteiger partial charge in [0.1, 0.15) is 0 Å². The molecule has 6 nitrogen and oxygen atoms in total. The van der Waals surface area contributed by atoms with Gasteiger partial charge in [-0.3, -0.25) is 0 Å². The molecule has 0 bridgehead atoms. The molecule has 0 radical (unpaired) electrons. The Morgan fingerprint density at radius 1 is 1.57 bits per heavy atom. The number of carboxylic acid groups (broad SMARTS) is 1. The number of halogens is 1. The molecular weight excluding hydrogens is 212 g/mol.